The van der Waals surface area contributed by atoms with Crippen molar-refractivity contribution in [1.82, 2.24) is 44.7 Å². The van der Waals surface area contributed by atoms with Gasteiger partial charge in [0.2, 0.25) is 0 Å². The summed E-state index contributed by atoms with van der Waals surface area (Å²) in [6.07, 6.45) is 12.3. The van der Waals surface area contributed by atoms with E-state index >= 15 is 0 Å². The number of benzene rings is 2. The van der Waals surface area contributed by atoms with Crippen LogP contribution in [0.2, 0.25) is 0 Å². The van der Waals surface area contributed by atoms with Crippen molar-refractivity contribution >= 4 is 51.8 Å². The number of nitrogens with two attached hydrogens (primary N) is 1. The molecule has 70 heavy (non-hydrogen) atoms. The predicted octanol–water partition coefficient (Wildman–Crippen LogP) is 8.58. The smallest absolute Gasteiger partial charge is 0.407 e. The summed E-state index contributed by atoms with van der Waals surface area (Å²) < 4.78 is 9.12. The van der Waals surface area contributed by atoms with Crippen LogP contribution in [0.5, 0.6) is 0 Å². The van der Waals surface area contributed by atoms with Gasteiger partial charge in [0.15, 0.2) is 11.3 Å². The van der Waals surface area contributed by atoms with Gasteiger partial charge < -0.3 is 35.8 Å². The number of nitrogens with one attached hydrogen (secondary N) is 2. The lowest BCUT2D eigenvalue weighted by Gasteiger charge is -2.34. The van der Waals surface area contributed by atoms with Crippen LogP contribution >= 0.6 is 11.6 Å². The molecule has 10 rings (SSSR count). The van der Waals surface area contributed by atoms with E-state index in [0.717, 1.165) is 140 Å². The number of hydrogen-bond acceptors (Lipinski definition) is 12. The van der Waals surface area contributed by atoms with Crippen molar-refractivity contribution in [3.05, 3.63) is 118 Å². The maximum Gasteiger partial charge on any atom is 0.407 e. The van der Waals surface area contributed by atoms with Gasteiger partial charge >= 0.3 is 6.09 Å². The Morgan fingerprint density at radius 3 is 1.91 bits per heavy atom. The maximum absolute atomic E-state index is 13.3. The zero-order valence-electron chi connectivity index (χ0n) is 41.8. The predicted molar refractivity (Wildman–Crippen MR) is 275 cm³/mol. The molecule has 2 aromatic carbocycles. The second kappa shape index (κ2) is 21.9. The first-order valence-corrected chi connectivity index (χ1v) is 25.2. The number of anilines is 2. The average Bonchev–Trinajstić information content (AvgIpc) is 4.15. The van der Waals surface area contributed by atoms with Crippen molar-refractivity contribution in [1.29, 1.82) is 0 Å². The highest BCUT2D eigenvalue weighted by atomic mass is 35.5. The molecule has 16 nitrogen and oxygen atoms in total. The SMILES string of the molecule is Cc1cccc(C(=O)Cl)c1.Cc1cccc(C(=O)N2CCCC[C@H]2c2cc3nc(N4CC[C@H](N)C4)c(C)cn3n2)c1.Cc1cn2nc([C@@H]3CCCCN3)cc2nc1N1CC[C@H](NC(=O)OC(C)(C)C)C1. The van der Waals surface area contributed by atoms with Crippen LogP contribution in [-0.4, -0.2) is 108 Å². The number of nitrogens with zero attached hydrogens (tertiary/aromatic N) is 9. The number of aromatic nitrogens is 6. The number of alkyl carbamates (subject to hydrolysis) is 1. The van der Waals surface area contributed by atoms with Crippen LogP contribution in [0.3, 0.4) is 0 Å². The van der Waals surface area contributed by atoms with Gasteiger partial charge in [-0.15, -0.1) is 0 Å². The van der Waals surface area contributed by atoms with E-state index in [1.54, 1.807) is 12.1 Å². The quantitative estimate of drug-likeness (QED) is 0.130. The molecule has 372 valence electrons. The van der Waals surface area contributed by atoms with Gasteiger partial charge in [-0.1, -0.05) is 47.9 Å². The summed E-state index contributed by atoms with van der Waals surface area (Å²) in [5, 5.41) is 15.7. The number of amides is 2. The molecule has 0 saturated carbocycles. The molecule has 4 aromatic heterocycles. The van der Waals surface area contributed by atoms with Crippen molar-refractivity contribution < 1.29 is 19.1 Å². The Morgan fingerprint density at radius 2 is 1.33 bits per heavy atom. The number of aryl methyl sites for hydroxylation is 4. The van der Waals surface area contributed by atoms with Gasteiger partial charge in [-0.05, 0) is 130 Å². The molecule has 0 aliphatic carbocycles. The highest BCUT2D eigenvalue weighted by molar-refractivity contribution is 6.67. The topological polar surface area (TPSA) is 181 Å². The lowest BCUT2D eigenvalue weighted by atomic mass is 9.98. The Labute approximate surface area is 416 Å². The molecule has 4 aliphatic heterocycles. The van der Waals surface area contributed by atoms with Gasteiger partial charge in [-0.3, -0.25) is 9.59 Å². The van der Waals surface area contributed by atoms with Crippen LogP contribution in [0.4, 0.5) is 16.4 Å². The van der Waals surface area contributed by atoms with E-state index in [4.69, 9.17) is 42.2 Å². The van der Waals surface area contributed by atoms with Crippen LogP contribution < -0.4 is 26.2 Å². The molecule has 0 spiro atoms. The van der Waals surface area contributed by atoms with Gasteiger partial charge in [0.05, 0.1) is 29.5 Å². The molecule has 4 fully saturated rings. The van der Waals surface area contributed by atoms with E-state index in [0.29, 0.717) is 11.6 Å². The number of carbonyl (C=O) groups is 3. The zero-order chi connectivity index (χ0) is 49.7. The summed E-state index contributed by atoms with van der Waals surface area (Å²) in [4.78, 5) is 52.3. The zero-order valence-corrected chi connectivity index (χ0v) is 42.5. The molecule has 0 unspecified atom stereocenters. The standard InChI is InChI=1S/C24H30N6O.C21H32N6O2.C8H7ClO/c1-16-6-5-7-18(12-16)24(31)29-10-4-3-8-21(29)20-13-22-26-23(17(2)14-30(22)27-20)28-11-9-19(25)15-28;1-14-12-27-18(11-17(25-27)16-7-5-6-9-22-16)24-19(14)26-10-8-15(13-26)23-20(28)29-21(2,3)4;1-6-3-2-4-7(5-6)8(9)10/h5-7,12-14,19,21H,3-4,8-11,15,25H2,1-2H3;11-12,15-16,22H,5-10,13H2,1-4H3,(H,23,28);2-5H,1H3/t19-,21-;15-,16-;/m00./s1. The molecular formula is C53H69ClN12O4. The van der Waals surface area contributed by atoms with Gasteiger partial charge in [-0.2, -0.15) is 10.2 Å². The Kier molecular flexibility index (Phi) is 15.7. The first kappa shape index (κ1) is 50.3. The number of rotatable bonds is 7. The Morgan fingerprint density at radius 1 is 0.729 bits per heavy atom. The summed E-state index contributed by atoms with van der Waals surface area (Å²) in [5.41, 5.74) is 14.9. The Bertz CT molecular complexity index is 2810. The minimum absolute atomic E-state index is 0.0209. The first-order chi connectivity index (χ1) is 33.5. The molecule has 8 heterocycles. The molecule has 0 radical (unpaired) electrons. The summed E-state index contributed by atoms with van der Waals surface area (Å²) in [5.74, 6) is 2.04. The maximum atomic E-state index is 13.3. The van der Waals surface area contributed by atoms with Crippen molar-refractivity contribution in [2.75, 3.05) is 49.1 Å². The number of likely N-dealkylation sites (tertiary alicyclic amines) is 1. The second-order valence-corrected chi connectivity index (χ2v) is 20.7. The molecular weight excluding hydrogens is 904 g/mol. The largest absolute Gasteiger partial charge is 0.444 e. The number of hydrogen-bond donors (Lipinski definition) is 3. The fourth-order valence-electron chi connectivity index (χ4n) is 9.83. The van der Waals surface area contributed by atoms with Crippen LogP contribution in [0.15, 0.2) is 73.1 Å². The minimum atomic E-state index is -0.488. The van der Waals surface area contributed by atoms with Crippen molar-refractivity contribution in [3.8, 4) is 0 Å². The lowest BCUT2D eigenvalue weighted by molar-refractivity contribution is 0.0508. The number of halogens is 1. The number of piperidine rings is 2. The van der Waals surface area contributed by atoms with E-state index in [1.165, 1.54) is 12.8 Å². The summed E-state index contributed by atoms with van der Waals surface area (Å²) >= 11 is 5.24. The highest BCUT2D eigenvalue weighted by Gasteiger charge is 2.32. The number of ether oxygens (including phenoxy) is 1. The molecule has 0 bridgehead atoms. The van der Waals surface area contributed by atoms with E-state index in [1.807, 2.05) is 97.2 Å². The molecule has 4 N–H and O–H groups in total. The number of fused-ring (bicyclic) bond motifs is 2. The van der Waals surface area contributed by atoms with E-state index in [2.05, 4.69) is 46.5 Å². The normalized spacial score (nSPS) is 20.4. The van der Waals surface area contributed by atoms with Crippen LogP contribution in [0.25, 0.3) is 11.3 Å². The van der Waals surface area contributed by atoms with Crippen LogP contribution in [0, 0.1) is 27.7 Å². The molecule has 6 aromatic rings. The minimum Gasteiger partial charge on any atom is -0.444 e. The third kappa shape index (κ3) is 12.4. The summed E-state index contributed by atoms with van der Waals surface area (Å²) in [6, 6.07) is 19.7. The molecule has 4 atom stereocenters. The molecule has 17 heteroatoms. The van der Waals surface area contributed by atoms with Crippen molar-refractivity contribution in [2.45, 2.75) is 130 Å². The van der Waals surface area contributed by atoms with E-state index in [9.17, 15) is 14.4 Å². The average molecular weight is 974 g/mol. The second-order valence-electron chi connectivity index (χ2n) is 20.3. The Balaban J connectivity index is 0.000000158. The first-order valence-electron chi connectivity index (χ1n) is 24.8. The van der Waals surface area contributed by atoms with Gasteiger partial charge in [0.1, 0.15) is 17.2 Å². The van der Waals surface area contributed by atoms with Crippen LogP contribution in [-0.2, 0) is 4.74 Å². The summed E-state index contributed by atoms with van der Waals surface area (Å²) in [7, 11) is 0. The van der Waals surface area contributed by atoms with Crippen LogP contribution in [0.1, 0.15) is 139 Å². The Hall–Kier alpha value is -6.10. The number of carbonyl (C=O) groups excluding carboxylic acids is 3. The van der Waals surface area contributed by atoms with Gasteiger partial charge in [0, 0.05) is 85.5 Å². The van der Waals surface area contributed by atoms with Gasteiger partial charge in [-0.25, -0.2) is 23.8 Å². The van der Waals surface area contributed by atoms with Crippen molar-refractivity contribution in [2.24, 2.45) is 5.73 Å². The van der Waals surface area contributed by atoms with Crippen molar-refractivity contribution in [3.63, 3.8) is 0 Å². The monoisotopic (exact) mass is 973 g/mol. The van der Waals surface area contributed by atoms with Gasteiger partial charge in [0.25, 0.3) is 11.1 Å². The lowest BCUT2D eigenvalue weighted by Crippen LogP contribution is -2.40. The summed E-state index contributed by atoms with van der Waals surface area (Å²) in [6.45, 7) is 18.9. The molecule has 4 aliphatic rings. The van der Waals surface area contributed by atoms with E-state index in [-0.39, 0.29) is 30.1 Å². The molecule has 4 saturated heterocycles. The highest BCUT2D eigenvalue weighted by Crippen LogP contribution is 2.33. The third-order valence-electron chi connectivity index (χ3n) is 13.3. The fraction of sp³-hybridized carbons (Fsp3) is 0.491. The third-order valence-corrected chi connectivity index (χ3v) is 13.5. The fourth-order valence-corrected chi connectivity index (χ4v) is 9.95. The van der Waals surface area contributed by atoms with E-state index < -0.39 is 10.8 Å². The molecule has 2 amide bonds.